The van der Waals surface area contributed by atoms with Crippen LogP contribution in [0.4, 0.5) is 0 Å². The van der Waals surface area contributed by atoms with Crippen LogP contribution in [-0.4, -0.2) is 6.54 Å². The van der Waals surface area contributed by atoms with Crippen LogP contribution in [0.2, 0.25) is 0 Å². The topological polar surface area (TPSA) is 26.0 Å². The Morgan fingerprint density at radius 1 is 1.25 bits per heavy atom. The molecule has 3 heteroatoms. The highest BCUT2D eigenvalue weighted by Crippen LogP contribution is 2.42. The van der Waals surface area contributed by atoms with Crippen molar-refractivity contribution in [3.63, 3.8) is 0 Å². The SMILES string of the molecule is NCC1c2ccccc2SCc2ccsc21. The summed E-state index contributed by atoms with van der Waals surface area (Å²) in [5.41, 5.74) is 8.82. The molecule has 16 heavy (non-hydrogen) atoms. The molecule has 1 unspecified atom stereocenters. The molecule has 2 N–H and O–H groups in total. The Kier molecular flexibility index (Phi) is 2.75. The van der Waals surface area contributed by atoms with E-state index in [-0.39, 0.29) is 0 Å². The van der Waals surface area contributed by atoms with Gasteiger partial charge in [-0.2, -0.15) is 0 Å². The van der Waals surface area contributed by atoms with Crippen molar-refractivity contribution in [3.05, 3.63) is 51.7 Å². The molecular formula is C13H13NS2. The van der Waals surface area contributed by atoms with Crippen molar-refractivity contribution >= 4 is 23.1 Å². The standard InChI is InChI=1S/C13H13NS2/c14-7-11-10-3-1-2-4-12(10)16-8-9-5-6-15-13(9)11/h1-6,11H,7-8,14H2. The minimum absolute atomic E-state index is 0.390. The highest BCUT2D eigenvalue weighted by molar-refractivity contribution is 7.98. The summed E-state index contributed by atoms with van der Waals surface area (Å²) in [5, 5.41) is 2.18. The van der Waals surface area contributed by atoms with Gasteiger partial charge < -0.3 is 5.73 Å². The van der Waals surface area contributed by atoms with Crippen molar-refractivity contribution in [2.75, 3.05) is 6.54 Å². The number of hydrogen-bond acceptors (Lipinski definition) is 3. The van der Waals surface area contributed by atoms with Crippen LogP contribution >= 0.6 is 23.1 Å². The lowest BCUT2D eigenvalue weighted by Gasteiger charge is -2.15. The van der Waals surface area contributed by atoms with E-state index in [9.17, 15) is 0 Å². The quantitative estimate of drug-likeness (QED) is 0.835. The van der Waals surface area contributed by atoms with Crippen molar-refractivity contribution in [1.29, 1.82) is 0 Å². The third-order valence-corrected chi connectivity index (χ3v) is 5.22. The zero-order valence-corrected chi connectivity index (χ0v) is 10.5. The molecule has 1 aliphatic rings. The van der Waals surface area contributed by atoms with Crippen LogP contribution in [0.15, 0.2) is 40.6 Å². The van der Waals surface area contributed by atoms with Gasteiger partial charge in [-0.15, -0.1) is 23.1 Å². The summed E-state index contributed by atoms with van der Waals surface area (Å²) in [6, 6.07) is 10.9. The second kappa shape index (κ2) is 4.24. The molecule has 2 aromatic rings. The molecular weight excluding hydrogens is 234 g/mol. The molecule has 1 aromatic carbocycles. The first-order valence-electron chi connectivity index (χ1n) is 5.38. The molecule has 1 aliphatic heterocycles. The molecule has 0 saturated carbocycles. The van der Waals surface area contributed by atoms with Crippen LogP contribution in [0, 0.1) is 0 Å². The predicted molar refractivity (Wildman–Crippen MR) is 71.2 cm³/mol. The summed E-state index contributed by atoms with van der Waals surface area (Å²) in [4.78, 5) is 2.85. The molecule has 0 fully saturated rings. The number of fused-ring (bicyclic) bond motifs is 2. The summed E-state index contributed by atoms with van der Waals surface area (Å²) < 4.78 is 0. The molecule has 82 valence electrons. The number of thiophene rings is 1. The zero-order chi connectivity index (χ0) is 11.0. The summed E-state index contributed by atoms with van der Waals surface area (Å²) in [6.45, 7) is 0.699. The molecule has 0 aliphatic carbocycles. The van der Waals surface area contributed by atoms with Gasteiger partial charge in [0.15, 0.2) is 0 Å². The van der Waals surface area contributed by atoms with Gasteiger partial charge in [-0.25, -0.2) is 0 Å². The number of benzene rings is 1. The number of rotatable bonds is 1. The Bertz CT molecular complexity index is 504. The van der Waals surface area contributed by atoms with Crippen LogP contribution in [0.25, 0.3) is 0 Å². The molecule has 0 radical (unpaired) electrons. The highest BCUT2D eigenvalue weighted by Gasteiger charge is 2.23. The van der Waals surface area contributed by atoms with Gasteiger partial charge in [0.2, 0.25) is 0 Å². The summed E-state index contributed by atoms with van der Waals surface area (Å²) >= 11 is 3.77. The maximum atomic E-state index is 5.96. The van der Waals surface area contributed by atoms with E-state index >= 15 is 0 Å². The van der Waals surface area contributed by atoms with Gasteiger partial charge in [-0.3, -0.25) is 0 Å². The average molecular weight is 247 g/mol. The Morgan fingerprint density at radius 2 is 2.12 bits per heavy atom. The monoisotopic (exact) mass is 247 g/mol. The molecule has 1 nitrogen and oxygen atoms in total. The minimum atomic E-state index is 0.390. The van der Waals surface area contributed by atoms with Gasteiger partial charge in [0.25, 0.3) is 0 Å². The van der Waals surface area contributed by atoms with E-state index in [0.717, 1.165) is 5.75 Å². The van der Waals surface area contributed by atoms with Crippen LogP contribution in [0.5, 0.6) is 0 Å². The largest absolute Gasteiger partial charge is 0.329 e. The van der Waals surface area contributed by atoms with E-state index in [1.807, 2.05) is 23.1 Å². The second-order valence-corrected chi connectivity index (χ2v) is 5.89. The van der Waals surface area contributed by atoms with Gasteiger partial charge >= 0.3 is 0 Å². The highest BCUT2D eigenvalue weighted by atomic mass is 32.2. The van der Waals surface area contributed by atoms with Gasteiger partial charge in [-0.1, -0.05) is 18.2 Å². The molecule has 3 rings (SSSR count). The van der Waals surface area contributed by atoms with Crippen LogP contribution < -0.4 is 5.73 Å². The van der Waals surface area contributed by atoms with E-state index in [4.69, 9.17) is 5.73 Å². The fourth-order valence-corrected chi connectivity index (χ4v) is 4.47. The first-order chi connectivity index (χ1) is 7.90. The third-order valence-electron chi connectivity index (χ3n) is 3.01. The van der Waals surface area contributed by atoms with Crippen molar-refractivity contribution in [1.82, 2.24) is 0 Å². The van der Waals surface area contributed by atoms with Crippen LogP contribution in [0.3, 0.4) is 0 Å². The first kappa shape index (κ1) is 10.4. The van der Waals surface area contributed by atoms with Gasteiger partial charge in [-0.05, 0) is 28.6 Å². The number of hydrogen-bond donors (Lipinski definition) is 1. The van der Waals surface area contributed by atoms with Gasteiger partial charge in [0.1, 0.15) is 0 Å². The lowest BCUT2D eigenvalue weighted by Crippen LogP contribution is -2.13. The molecule has 2 heterocycles. The second-order valence-electron chi connectivity index (χ2n) is 3.92. The van der Waals surface area contributed by atoms with E-state index < -0.39 is 0 Å². The van der Waals surface area contributed by atoms with E-state index in [1.54, 1.807) is 0 Å². The summed E-state index contributed by atoms with van der Waals surface area (Å²) in [7, 11) is 0. The Morgan fingerprint density at radius 3 is 3.00 bits per heavy atom. The summed E-state index contributed by atoms with van der Waals surface area (Å²) in [5.74, 6) is 1.47. The van der Waals surface area contributed by atoms with Crippen LogP contribution in [0.1, 0.15) is 21.9 Å². The lowest BCUT2D eigenvalue weighted by molar-refractivity contribution is 0.815. The molecule has 1 atom stereocenters. The van der Waals surface area contributed by atoms with Gasteiger partial charge in [0, 0.05) is 28.0 Å². The maximum absolute atomic E-state index is 5.96. The minimum Gasteiger partial charge on any atom is -0.329 e. The normalized spacial score (nSPS) is 18.7. The predicted octanol–water partition coefficient (Wildman–Crippen LogP) is 3.44. The number of thioether (sulfide) groups is 1. The fraction of sp³-hybridized carbons (Fsp3) is 0.231. The third kappa shape index (κ3) is 1.59. The smallest absolute Gasteiger partial charge is 0.0320 e. The molecule has 0 amide bonds. The Balaban J connectivity index is 2.17. The lowest BCUT2D eigenvalue weighted by atomic mass is 9.96. The van der Waals surface area contributed by atoms with E-state index in [0.29, 0.717) is 12.5 Å². The molecule has 0 bridgehead atoms. The Labute approximate surface area is 104 Å². The molecule has 1 aromatic heterocycles. The van der Waals surface area contributed by atoms with Crippen molar-refractivity contribution in [2.45, 2.75) is 16.6 Å². The van der Waals surface area contributed by atoms with E-state index in [2.05, 4.69) is 35.7 Å². The van der Waals surface area contributed by atoms with Crippen molar-refractivity contribution in [2.24, 2.45) is 5.73 Å². The van der Waals surface area contributed by atoms with E-state index in [1.165, 1.54) is 20.9 Å². The Hall–Kier alpha value is -0.770. The molecule has 0 spiro atoms. The summed E-state index contributed by atoms with van der Waals surface area (Å²) in [6.07, 6.45) is 0. The van der Waals surface area contributed by atoms with Gasteiger partial charge in [0.05, 0.1) is 0 Å². The van der Waals surface area contributed by atoms with Crippen molar-refractivity contribution in [3.8, 4) is 0 Å². The first-order valence-corrected chi connectivity index (χ1v) is 7.24. The molecule has 0 saturated heterocycles. The zero-order valence-electron chi connectivity index (χ0n) is 8.85. The fourth-order valence-electron chi connectivity index (χ4n) is 2.20. The average Bonchev–Trinajstić information content (AvgIpc) is 2.72. The maximum Gasteiger partial charge on any atom is 0.0320 e. The van der Waals surface area contributed by atoms with Crippen molar-refractivity contribution < 1.29 is 0 Å². The van der Waals surface area contributed by atoms with Crippen LogP contribution in [-0.2, 0) is 5.75 Å². The number of nitrogens with two attached hydrogens (primary N) is 1.